The molecule has 0 unspecified atom stereocenters. The summed E-state index contributed by atoms with van der Waals surface area (Å²) in [6.07, 6.45) is -4.89. The summed E-state index contributed by atoms with van der Waals surface area (Å²) in [5.41, 5.74) is 2.96. The number of hydrogen-bond acceptors (Lipinski definition) is 4. The minimum Gasteiger partial charge on any atom is -0.390 e. The Labute approximate surface area is 92.0 Å². The summed E-state index contributed by atoms with van der Waals surface area (Å²) >= 11 is 0. The van der Waals surface area contributed by atoms with Gasteiger partial charge in [-0.05, 0) is 0 Å². The van der Waals surface area contributed by atoms with Crippen molar-refractivity contribution >= 4 is 0 Å². The maximum absolute atomic E-state index is 12.8. The van der Waals surface area contributed by atoms with Gasteiger partial charge in [-0.2, -0.15) is 13.2 Å². The molecule has 0 amide bonds. The average molecular weight is 260 g/mol. The second-order valence-electron chi connectivity index (χ2n) is 3.26. The van der Waals surface area contributed by atoms with E-state index >= 15 is 0 Å². The van der Waals surface area contributed by atoms with Crippen LogP contribution in [0, 0.1) is 0 Å². The maximum Gasteiger partial charge on any atom is 0.434 e. The molecule has 17 heavy (non-hydrogen) atoms. The lowest BCUT2D eigenvalue weighted by Gasteiger charge is -2.15. The van der Waals surface area contributed by atoms with E-state index in [-0.39, 0.29) is 4.68 Å². The van der Waals surface area contributed by atoms with Crippen LogP contribution in [0.1, 0.15) is 11.4 Å². The van der Waals surface area contributed by atoms with E-state index in [9.17, 15) is 22.0 Å². The molecule has 1 aromatic rings. The van der Waals surface area contributed by atoms with Crippen molar-refractivity contribution in [1.29, 1.82) is 0 Å². The van der Waals surface area contributed by atoms with Gasteiger partial charge in [0.1, 0.15) is 18.8 Å². The van der Waals surface area contributed by atoms with Crippen LogP contribution in [0.5, 0.6) is 0 Å². The Balaban J connectivity index is 3.13. The molecule has 1 heterocycles. The van der Waals surface area contributed by atoms with Crippen molar-refractivity contribution < 1.29 is 27.1 Å². The number of alkyl halides is 5. The van der Waals surface area contributed by atoms with Gasteiger partial charge in [-0.1, -0.05) is 5.21 Å². The summed E-state index contributed by atoms with van der Waals surface area (Å²) in [5.74, 6) is -3.71. The predicted molar refractivity (Wildman–Crippen MR) is 44.9 cm³/mol. The molecule has 0 spiro atoms. The topological polar surface area (TPSA) is 77.0 Å². The van der Waals surface area contributed by atoms with Crippen molar-refractivity contribution in [2.75, 3.05) is 6.61 Å². The van der Waals surface area contributed by atoms with Crippen molar-refractivity contribution in [2.45, 2.75) is 25.2 Å². The molecule has 0 saturated carbocycles. The van der Waals surface area contributed by atoms with Gasteiger partial charge in [0.05, 0.1) is 0 Å². The van der Waals surface area contributed by atoms with Gasteiger partial charge in [0.15, 0.2) is 5.69 Å². The third-order valence-corrected chi connectivity index (χ3v) is 1.88. The number of nitrogens with zero attached hydrogens (tertiary/aromatic N) is 3. The van der Waals surface area contributed by atoms with Crippen LogP contribution in [0.15, 0.2) is 0 Å². The maximum atomic E-state index is 12.8. The molecule has 0 radical (unpaired) electrons. The van der Waals surface area contributed by atoms with Crippen LogP contribution < -0.4 is 5.73 Å². The molecule has 0 aliphatic heterocycles. The number of halogens is 5. The number of rotatable bonds is 4. The monoisotopic (exact) mass is 260 g/mol. The normalized spacial score (nSPS) is 13.1. The number of nitrogens with two attached hydrogens (primary N) is 1. The number of aliphatic hydroxyl groups excluding tert-OH is 1. The predicted octanol–water partition coefficient (Wildman–Crippen LogP) is 0.383. The first-order chi connectivity index (χ1) is 7.71. The lowest BCUT2D eigenvalue weighted by molar-refractivity contribution is -0.148. The van der Waals surface area contributed by atoms with Gasteiger partial charge in [0.25, 0.3) is 5.92 Å². The summed E-state index contributed by atoms with van der Waals surface area (Å²) in [7, 11) is 0. The van der Waals surface area contributed by atoms with Gasteiger partial charge in [0, 0.05) is 6.54 Å². The second-order valence-corrected chi connectivity index (χ2v) is 3.26. The third-order valence-electron chi connectivity index (χ3n) is 1.88. The molecule has 0 atom stereocenters. The minimum atomic E-state index is -4.89. The molecule has 0 fully saturated rings. The fourth-order valence-electron chi connectivity index (χ4n) is 1.18. The Kier molecular flexibility index (Phi) is 3.67. The minimum absolute atomic E-state index is 0.00157. The van der Waals surface area contributed by atoms with Crippen LogP contribution in [0.4, 0.5) is 22.0 Å². The van der Waals surface area contributed by atoms with E-state index in [1.807, 2.05) is 0 Å². The van der Waals surface area contributed by atoms with Gasteiger partial charge in [-0.3, -0.25) is 0 Å². The van der Waals surface area contributed by atoms with Crippen molar-refractivity contribution in [3.8, 4) is 0 Å². The molecule has 98 valence electrons. The zero-order valence-electron chi connectivity index (χ0n) is 8.38. The molecular formula is C7H9F5N4O. The van der Waals surface area contributed by atoms with E-state index in [1.165, 1.54) is 0 Å². The largest absolute Gasteiger partial charge is 0.434 e. The van der Waals surface area contributed by atoms with E-state index < -0.39 is 43.2 Å². The van der Waals surface area contributed by atoms with Crippen LogP contribution in [-0.2, 0) is 19.3 Å². The van der Waals surface area contributed by atoms with Crippen LogP contribution >= 0.6 is 0 Å². The molecule has 1 rings (SSSR count). The highest BCUT2D eigenvalue weighted by molar-refractivity contribution is 5.13. The Bertz CT molecular complexity index is 388. The van der Waals surface area contributed by atoms with Crippen LogP contribution in [0.25, 0.3) is 0 Å². The highest BCUT2D eigenvalue weighted by Gasteiger charge is 2.41. The first-order valence-electron chi connectivity index (χ1n) is 4.39. The van der Waals surface area contributed by atoms with E-state index in [0.717, 1.165) is 0 Å². The van der Waals surface area contributed by atoms with E-state index in [2.05, 4.69) is 10.3 Å². The smallest absolute Gasteiger partial charge is 0.390 e. The molecule has 0 bridgehead atoms. The molecule has 0 aliphatic carbocycles. The van der Waals surface area contributed by atoms with Crippen molar-refractivity contribution in [2.24, 2.45) is 5.73 Å². The lowest BCUT2D eigenvalue weighted by atomic mass is 10.3. The standard InChI is InChI=1S/C7H9F5N4O/c8-6(9,3-17)2-16-5(7(10,11)12)4(1-13)14-15-16/h17H,1-3,13H2. The summed E-state index contributed by atoms with van der Waals surface area (Å²) in [6.45, 7) is -3.56. The molecular weight excluding hydrogens is 251 g/mol. The summed E-state index contributed by atoms with van der Waals surface area (Å²) < 4.78 is 63.2. The Hall–Kier alpha value is -1.29. The summed E-state index contributed by atoms with van der Waals surface area (Å²) in [6, 6.07) is 0. The van der Waals surface area contributed by atoms with Gasteiger partial charge in [0.2, 0.25) is 0 Å². The Morgan fingerprint density at radius 2 is 1.82 bits per heavy atom. The number of aliphatic hydroxyl groups is 1. The highest BCUT2D eigenvalue weighted by atomic mass is 19.4. The average Bonchev–Trinajstić information content (AvgIpc) is 2.59. The number of hydrogen-bond donors (Lipinski definition) is 2. The zero-order chi connectivity index (χ0) is 13.3. The molecule has 0 aromatic carbocycles. The number of aromatic nitrogens is 3. The quantitative estimate of drug-likeness (QED) is 0.767. The van der Waals surface area contributed by atoms with Gasteiger partial charge < -0.3 is 10.8 Å². The highest BCUT2D eigenvalue weighted by Crippen LogP contribution is 2.32. The van der Waals surface area contributed by atoms with Crippen molar-refractivity contribution in [3.63, 3.8) is 0 Å². The summed E-state index contributed by atoms with van der Waals surface area (Å²) in [5, 5.41) is 14.3. The molecule has 1 aromatic heterocycles. The molecule has 10 heteroatoms. The fraction of sp³-hybridized carbons (Fsp3) is 0.714. The van der Waals surface area contributed by atoms with Crippen LogP contribution in [-0.4, -0.2) is 32.6 Å². The summed E-state index contributed by atoms with van der Waals surface area (Å²) in [4.78, 5) is 0. The van der Waals surface area contributed by atoms with E-state index in [4.69, 9.17) is 10.8 Å². The van der Waals surface area contributed by atoms with Crippen molar-refractivity contribution in [1.82, 2.24) is 15.0 Å². The Morgan fingerprint density at radius 3 is 2.24 bits per heavy atom. The first kappa shape index (κ1) is 13.8. The van der Waals surface area contributed by atoms with E-state index in [1.54, 1.807) is 0 Å². The molecule has 0 saturated heterocycles. The van der Waals surface area contributed by atoms with Gasteiger partial charge in [-0.25, -0.2) is 13.5 Å². The molecule has 3 N–H and O–H groups in total. The van der Waals surface area contributed by atoms with E-state index in [0.29, 0.717) is 0 Å². The molecule has 0 aliphatic rings. The zero-order valence-corrected chi connectivity index (χ0v) is 8.38. The van der Waals surface area contributed by atoms with Crippen LogP contribution in [0.2, 0.25) is 0 Å². The lowest BCUT2D eigenvalue weighted by Crippen LogP contribution is -2.31. The van der Waals surface area contributed by atoms with Gasteiger partial charge in [-0.15, -0.1) is 5.10 Å². The molecule has 5 nitrogen and oxygen atoms in total. The van der Waals surface area contributed by atoms with Crippen molar-refractivity contribution in [3.05, 3.63) is 11.4 Å². The third kappa shape index (κ3) is 3.09. The Morgan fingerprint density at radius 1 is 1.24 bits per heavy atom. The first-order valence-corrected chi connectivity index (χ1v) is 4.39. The second kappa shape index (κ2) is 4.53. The fourth-order valence-corrected chi connectivity index (χ4v) is 1.18. The van der Waals surface area contributed by atoms with Crippen LogP contribution in [0.3, 0.4) is 0 Å². The van der Waals surface area contributed by atoms with Gasteiger partial charge >= 0.3 is 6.18 Å². The SMILES string of the molecule is NCc1nnn(CC(F)(F)CO)c1C(F)(F)F.